The monoisotopic (exact) mass is 417 g/mol. The molecule has 0 bridgehead atoms. The van der Waals surface area contributed by atoms with Gasteiger partial charge in [0.15, 0.2) is 0 Å². The van der Waals surface area contributed by atoms with Crippen LogP contribution in [0, 0.1) is 12.7 Å². The summed E-state index contributed by atoms with van der Waals surface area (Å²) in [6.07, 6.45) is 1.77. The Balaban J connectivity index is 1.64. The van der Waals surface area contributed by atoms with Gasteiger partial charge in [0.2, 0.25) is 5.95 Å². The molecule has 1 aromatic carbocycles. The largest absolute Gasteiger partial charge is 0.368 e. The van der Waals surface area contributed by atoms with Gasteiger partial charge in [-0.25, -0.2) is 19.0 Å². The molecule has 7 nitrogen and oxygen atoms in total. The van der Waals surface area contributed by atoms with Crippen LogP contribution in [-0.2, 0) is 12.0 Å². The number of anilines is 1. The molecular weight excluding hydrogens is 393 g/mol. The zero-order valence-electron chi connectivity index (χ0n) is 18.0. The number of hydrogen-bond acceptors (Lipinski definition) is 6. The zero-order chi connectivity index (χ0) is 22.2. The van der Waals surface area contributed by atoms with E-state index in [4.69, 9.17) is 10.7 Å². The predicted molar refractivity (Wildman–Crippen MR) is 118 cm³/mol. The van der Waals surface area contributed by atoms with Gasteiger partial charge in [-0.3, -0.25) is 4.98 Å². The van der Waals surface area contributed by atoms with Crippen LogP contribution in [0.4, 0.5) is 10.3 Å². The van der Waals surface area contributed by atoms with E-state index in [1.807, 2.05) is 18.2 Å². The number of aryl methyl sites for hydroxylation is 1. The van der Waals surface area contributed by atoms with Gasteiger partial charge < -0.3 is 5.73 Å². The van der Waals surface area contributed by atoms with E-state index in [2.05, 4.69) is 41.1 Å². The Labute approximate surface area is 180 Å². The minimum absolute atomic E-state index is 0.0382. The average Bonchev–Trinajstić information content (AvgIpc) is 3.18. The third-order valence-corrected chi connectivity index (χ3v) is 4.91. The fraction of sp³-hybridized carbons (Fsp3) is 0.261. The number of pyridine rings is 1. The van der Waals surface area contributed by atoms with E-state index < -0.39 is 0 Å². The lowest BCUT2D eigenvalue weighted by atomic mass is 9.91. The molecule has 0 aliphatic rings. The summed E-state index contributed by atoms with van der Waals surface area (Å²) in [5, 5.41) is 8.41. The first kappa shape index (κ1) is 20.6. The van der Waals surface area contributed by atoms with Gasteiger partial charge in [-0.2, -0.15) is 0 Å². The van der Waals surface area contributed by atoms with Crippen molar-refractivity contribution in [1.29, 1.82) is 0 Å². The maximum atomic E-state index is 14.6. The molecule has 0 saturated heterocycles. The highest BCUT2D eigenvalue weighted by atomic mass is 19.1. The maximum absolute atomic E-state index is 14.6. The first-order valence-electron chi connectivity index (χ1n) is 9.97. The number of halogens is 1. The second kappa shape index (κ2) is 7.86. The summed E-state index contributed by atoms with van der Waals surface area (Å²) < 4.78 is 16.3. The Morgan fingerprint density at radius 2 is 1.71 bits per heavy atom. The molecule has 3 heterocycles. The number of rotatable bonds is 4. The van der Waals surface area contributed by atoms with Gasteiger partial charge in [0.25, 0.3) is 0 Å². The second-order valence-corrected chi connectivity index (χ2v) is 8.50. The lowest BCUT2D eigenvalue weighted by Crippen LogP contribution is -2.15. The molecule has 0 fully saturated rings. The van der Waals surface area contributed by atoms with Crippen molar-refractivity contribution >= 4 is 5.95 Å². The molecule has 0 spiro atoms. The molecule has 4 rings (SSSR count). The summed E-state index contributed by atoms with van der Waals surface area (Å²) in [5.74, 6) is -0.289. The summed E-state index contributed by atoms with van der Waals surface area (Å²) in [7, 11) is 0. The van der Waals surface area contributed by atoms with Crippen LogP contribution in [0.15, 0.2) is 48.7 Å². The standard InChI is InChI=1S/C23H24FN7/c1-14-7-5-9-16(21(14)24)17-11-18(28-22(25)27-17)19-13-31(30-29-19)12-15-8-6-10-20(26-15)23(2,3)4/h5-11,13H,12H2,1-4H3,(H2,25,27,28). The number of aromatic nitrogens is 6. The Morgan fingerprint density at radius 3 is 2.48 bits per heavy atom. The Hall–Kier alpha value is -3.68. The molecule has 31 heavy (non-hydrogen) atoms. The molecule has 0 unspecified atom stereocenters. The summed E-state index contributed by atoms with van der Waals surface area (Å²) in [4.78, 5) is 13.2. The maximum Gasteiger partial charge on any atom is 0.221 e. The van der Waals surface area contributed by atoms with Crippen LogP contribution < -0.4 is 5.73 Å². The van der Waals surface area contributed by atoms with Crippen molar-refractivity contribution < 1.29 is 4.39 Å². The van der Waals surface area contributed by atoms with E-state index in [-0.39, 0.29) is 17.2 Å². The van der Waals surface area contributed by atoms with Crippen LogP contribution in [0.3, 0.4) is 0 Å². The fourth-order valence-electron chi connectivity index (χ4n) is 3.22. The van der Waals surface area contributed by atoms with Crippen molar-refractivity contribution in [1.82, 2.24) is 29.9 Å². The van der Waals surface area contributed by atoms with Crippen molar-refractivity contribution in [2.45, 2.75) is 39.7 Å². The third-order valence-electron chi connectivity index (χ3n) is 4.91. The molecule has 2 N–H and O–H groups in total. The van der Waals surface area contributed by atoms with E-state index >= 15 is 0 Å². The van der Waals surface area contributed by atoms with Gasteiger partial charge in [0.1, 0.15) is 11.5 Å². The molecule has 0 radical (unpaired) electrons. The van der Waals surface area contributed by atoms with Gasteiger partial charge in [-0.15, -0.1) is 5.10 Å². The number of nitrogens with zero attached hydrogens (tertiary/aromatic N) is 6. The summed E-state index contributed by atoms with van der Waals surface area (Å²) >= 11 is 0. The van der Waals surface area contributed by atoms with Crippen LogP contribution in [0.1, 0.15) is 37.7 Å². The Morgan fingerprint density at radius 1 is 0.968 bits per heavy atom. The lowest BCUT2D eigenvalue weighted by molar-refractivity contribution is 0.559. The number of hydrogen-bond donors (Lipinski definition) is 1. The van der Waals surface area contributed by atoms with Crippen molar-refractivity contribution in [3.8, 4) is 22.6 Å². The third kappa shape index (κ3) is 4.42. The zero-order valence-corrected chi connectivity index (χ0v) is 18.0. The summed E-state index contributed by atoms with van der Waals surface area (Å²) in [6, 6.07) is 12.8. The molecule has 0 aliphatic heterocycles. The highest BCUT2D eigenvalue weighted by Gasteiger charge is 2.17. The van der Waals surface area contributed by atoms with Gasteiger partial charge in [-0.1, -0.05) is 44.2 Å². The van der Waals surface area contributed by atoms with Crippen molar-refractivity contribution in [2.75, 3.05) is 5.73 Å². The normalized spacial score (nSPS) is 11.6. The second-order valence-electron chi connectivity index (χ2n) is 8.50. The lowest BCUT2D eigenvalue weighted by Gasteiger charge is -2.18. The van der Waals surface area contributed by atoms with E-state index in [0.29, 0.717) is 34.8 Å². The highest BCUT2D eigenvalue weighted by molar-refractivity contribution is 5.68. The minimum atomic E-state index is -0.333. The smallest absolute Gasteiger partial charge is 0.221 e. The van der Waals surface area contributed by atoms with Crippen LogP contribution in [0.2, 0.25) is 0 Å². The van der Waals surface area contributed by atoms with E-state index in [1.54, 1.807) is 42.1 Å². The van der Waals surface area contributed by atoms with Crippen LogP contribution >= 0.6 is 0 Å². The van der Waals surface area contributed by atoms with Crippen molar-refractivity contribution in [2.24, 2.45) is 0 Å². The van der Waals surface area contributed by atoms with E-state index in [1.165, 1.54) is 0 Å². The number of benzene rings is 1. The molecule has 0 saturated carbocycles. The first-order valence-corrected chi connectivity index (χ1v) is 9.97. The van der Waals surface area contributed by atoms with Crippen LogP contribution in [0.25, 0.3) is 22.6 Å². The molecule has 3 aromatic heterocycles. The first-order chi connectivity index (χ1) is 14.7. The van der Waals surface area contributed by atoms with Gasteiger partial charge in [-0.05, 0) is 36.8 Å². The fourth-order valence-corrected chi connectivity index (χ4v) is 3.22. The molecule has 4 aromatic rings. The summed E-state index contributed by atoms with van der Waals surface area (Å²) in [5.41, 5.74) is 10.1. The number of nitrogens with two attached hydrogens (primary N) is 1. The predicted octanol–water partition coefficient (Wildman–Crippen LogP) is 4.17. The Bertz CT molecular complexity index is 1240. The van der Waals surface area contributed by atoms with Gasteiger partial charge in [0.05, 0.1) is 29.8 Å². The highest BCUT2D eigenvalue weighted by Crippen LogP contribution is 2.27. The van der Waals surface area contributed by atoms with Crippen molar-refractivity contribution in [3.63, 3.8) is 0 Å². The molecule has 0 atom stereocenters. The topological polar surface area (TPSA) is 95.4 Å². The van der Waals surface area contributed by atoms with Gasteiger partial charge in [0, 0.05) is 16.7 Å². The molecule has 0 aliphatic carbocycles. The SMILES string of the molecule is Cc1cccc(-c2cc(-c3cn(Cc4cccc(C(C)(C)C)n4)nn3)nc(N)n2)c1F. The number of nitrogen functional groups attached to an aromatic ring is 1. The quantitative estimate of drug-likeness (QED) is 0.535. The molecule has 0 amide bonds. The average molecular weight is 417 g/mol. The molecule has 158 valence electrons. The molecule has 8 heteroatoms. The van der Waals surface area contributed by atoms with E-state index in [0.717, 1.165) is 11.4 Å². The molecular formula is C23H24FN7. The Kier molecular flexibility index (Phi) is 5.22. The van der Waals surface area contributed by atoms with Crippen molar-refractivity contribution in [3.05, 3.63) is 71.4 Å². The van der Waals surface area contributed by atoms with Gasteiger partial charge >= 0.3 is 0 Å². The summed E-state index contributed by atoms with van der Waals surface area (Å²) in [6.45, 7) is 8.55. The van der Waals surface area contributed by atoms with Crippen LogP contribution in [-0.4, -0.2) is 29.9 Å². The minimum Gasteiger partial charge on any atom is -0.368 e. The van der Waals surface area contributed by atoms with E-state index in [9.17, 15) is 4.39 Å². The van der Waals surface area contributed by atoms with Crippen LogP contribution in [0.5, 0.6) is 0 Å².